The smallest absolute Gasteiger partial charge is 0.253 e. The number of fused-ring (bicyclic) bond motifs is 1. The van der Waals surface area contributed by atoms with Crippen molar-refractivity contribution in [3.05, 3.63) is 77.4 Å². The maximum absolute atomic E-state index is 13.1. The van der Waals surface area contributed by atoms with Gasteiger partial charge in [0.1, 0.15) is 11.6 Å². The molecule has 4 aromatic rings. The predicted octanol–water partition coefficient (Wildman–Crippen LogP) is 3.70. The Kier molecular flexibility index (Phi) is 5.09. The molecule has 1 saturated heterocycles. The molecule has 0 spiro atoms. The minimum Gasteiger partial charge on any atom is -0.353 e. The minimum atomic E-state index is 0.0811. The number of nitrogens with zero attached hydrogens (tertiary/aromatic N) is 6. The Hall–Kier alpha value is -3.74. The van der Waals surface area contributed by atoms with Crippen molar-refractivity contribution >= 4 is 22.5 Å². The van der Waals surface area contributed by atoms with Gasteiger partial charge in [-0.3, -0.25) is 4.79 Å². The summed E-state index contributed by atoms with van der Waals surface area (Å²) in [6.07, 6.45) is 0. The summed E-state index contributed by atoms with van der Waals surface area (Å²) in [5.41, 5.74) is 2.74. The van der Waals surface area contributed by atoms with Crippen LogP contribution < -0.4 is 4.90 Å². The standard InChI is InChI=1S/C25H26N6O/c1-17-14-18(2)31(28-17)24-16-23(26-19(3)27-24)29-10-12-30(13-11-29)25(32)22-9-8-20-6-4-5-7-21(20)15-22/h4-9,14-16H,10-13H2,1-3H3. The molecular weight excluding hydrogens is 400 g/mol. The zero-order valence-corrected chi connectivity index (χ0v) is 18.6. The first kappa shape index (κ1) is 20.2. The average molecular weight is 427 g/mol. The fourth-order valence-electron chi connectivity index (χ4n) is 4.31. The van der Waals surface area contributed by atoms with Gasteiger partial charge in [-0.25, -0.2) is 14.6 Å². The van der Waals surface area contributed by atoms with E-state index in [1.807, 2.05) is 78.9 Å². The number of amides is 1. The van der Waals surface area contributed by atoms with Gasteiger partial charge in [-0.2, -0.15) is 5.10 Å². The van der Waals surface area contributed by atoms with Gasteiger partial charge in [-0.15, -0.1) is 0 Å². The molecule has 7 heteroatoms. The molecule has 162 valence electrons. The highest BCUT2D eigenvalue weighted by Gasteiger charge is 2.24. The van der Waals surface area contributed by atoms with Crippen molar-refractivity contribution in [3.8, 4) is 5.82 Å². The maximum Gasteiger partial charge on any atom is 0.253 e. The molecule has 0 radical (unpaired) electrons. The number of aromatic nitrogens is 4. The Morgan fingerprint density at radius 3 is 2.25 bits per heavy atom. The molecule has 0 atom stereocenters. The molecule has 5 rings (SSSR count). The monoisotopic (exact) mass is 426 g/mol. The summed E-state index contributed by atoms with van der Waals surface area (Å²) < 4.78 is 1.85. The lowest BCUT2D eigenvalue weighted by Crippen LogP contribution is -2.49. The molecule has 1 fully saturated rings. The van der Waals surface area contributed by atoms with E-state index in [0.29, 0.717) is 18.9 Å². The van der Waals surface area contributed by atoms with Crippen molar-refractivity contribution in [3.63, 3.8) is 0 Å². The Balaban J connectivity index is 1.32. The quantitative estimate of drug-likeness (QED) is 0.500. The maximum atomic E-state index is 13.1. The molecule has 2 aromatic carbocycles. The van der Waals surface area contributed by atoms with Crippen molar-refractivity contribution in [2.45, 2.75) is 20.8 Å². The largest absolute Gasteiger partial charge is 0.353 e. The van der Waals surface area contributed by atoms with E-state index in [4.69, 9.17) is 0 Å². The van der Waals surface area contributed by atoms with E-state index in [1.54, 1.807) is 0 Å². The lowest BCUT2D eigenvalue weighted by Gasteiger charge is -2.35. The van der Waals surface area contributed by atoms with E-state index in [-0.39, 0.29) is 5.91 Å². The molecule has 0 bridgehead atoms. The van der Waals surface area contributed by atoms with Gasteiger partial charge >= 0.3 is 0 Å². The molecule has 32 heavy (non-hydrogen) atoms. The second kappa shape index (κ2) is 8.07. The fraction of sp³-hybridized carbons (Fsp3) is 0.280. The Labute approximate surface area is 187 Å². The molecule has 2 aromatic heterocycles. The highest BCUT2D eigenvalue weighted by Crippen LogP contribution is 2.21. The van der Waals surface area contributed by atoms with Gasteiger partial charge in [0.15, 0.2) is 5.82 Å². The molecule has 0 N–H and O–H groups in total. The molecule has 0 saturated carbocycles. The molecule has 1 amide bonds. The first-order valence-corrected chi connectivity index (χ1v) is 10.9. The topological polar surface area (TPSA) is 67.2 Å². The Bertz CT molecular complexity index is 1300. The number of benzene rings is 2. The third-order valence-electron chi connectivity index (χ3n) is 5.92. The van der Waals surface area contributed by atoms with Crippen LogP contribution in [0.2, 0.25) is 0 Å². The second-order valence-electron chi connectivity index (χ2n) is 8.31. The van der Waals surface area contributed by atoms with E-state index >= 15 is 0 Å². The SMILES string of the molecule is Cc1cc(C)n(-c2cc(N3CCN(C(=O)c4ccc5ccccc5c4)CC3)nc(C)n2)n1. The van der Waals surface area contributed by atoms with Crippen LogP contribution in [0, 0.1) is 20.8 Å². The summed E-state index contributed by atoms with van der Waals surface area (Å²) in [7, 11) is 0. The lowest BCUT2D eigenvalue weighted by molar-refractivity contribution is 0.0746. The average Bonchev–Trinajstić information content (AvgIpc) is 3.16. The lowest BCUT2D eigenvalue weighted by atomic mass is 10.1. The van der Waals surface area contributed by atoms with Crippen LogP contribution in [-0.2, 0) is 0 Å². The number of hydrogen-bond donors (Lipinski definition) is 0. The number of aryl methyl sites for hydroxylation is 3. The Morgan fingerprint density at radius 2 is 1.53 bits per heavy atom. The fourth-order valence-corrected chi connectivity index (χ4v) is 4.31. The van der Waals surface area contributed by atoms with Crippen LogP contribution in [0.1, 0.15) is 27.6 Å². The van der Waals surface area contributed by atoms with Crippen molar-refractivity contribution < 1.29 is 4.79 Å². The van der Waals surface area contributed by atoms with Crippen LogP contribution in [-0.4, -0.2) is 56.7 Å². The highest BCUT2D eigenvalue weighted by atomic mass is 16.2. The van der Waals surface area contributed by atoms with Crippen LogP contribution in [0.3, 0.4) is 0 Å². The van der Waals surface area contributed by atoms with Gasteiger partial charge in [0, 0.05) is 43.5 Å². The van der Waals surface area contributed by atoms with E-state index in [0.717, 1.165) is 52.4 Å². The summed E-state index contributed by atoms with van der Waals surface area (Å²) >= 11 is 0. The van der Waals surface area contributed by atoms with Gasteiger partial charge in [0.05, 0.1) is 5.69 Å². The molecule has 0 unspecified atom stereocenters. The zero-order chi connectivity index (χ0) is 22.2. The first-order valence-electron chi connectivity index (χ1n) is 10.9. The second-order valence-corrected chi connectivity index (χ2v) is 8.31. The Morgan fingerprint density at radius 1 is 0.812 bits per heavy atom. The number of anilines is 1. The van der Waals surface area contributed by atoms with E-state index in [9.17, 15) is 4.79 Å². The van der Waals surface area contributed by atoms with E-state index in [1.165, 1.54) is 0 Å². The van der Waals surface area contributed by atoms with Gasteiger partial charge in [0.25, 0.3) is 5.91 Å². The van der Waals surface area contributed by atoms with Crippen LogP contribution in [0.25, 0.3) is 16.6 Å². The van der Waals surface area contributed by atoms with Crippen molar-refractivity contribution in [1.29, 1.82) is 0 Å². The molecule has 0 aliphatic carbocycles. The molecule has 1 aliphatic heterocycles. The summed E-state index contributed by atoms with van der Waals surface area (Å²) in [4.78, 5) is 26.5. The third kappa shape index (κ3) is 3.82. The first-order chi connectivity index (χ1) is 15.5. The molecule has 1 aliphatic rings. The van der Waals surface area contributed by atoms with Crippen LogP contribution in [0.4, 0.5) is 5.82 Å². The summed E-state index contributed by atoms with van der Waals surface area (Å²) in [5, 5.41) is 6.79. The number of carbonyl (C=O) groups is 1. The molecule has 3 heterocycles. The number of carbonyl (C=O) groups excluding carboxylic acids is 1. The van der Waals surface area contributed by atoms with Crippen LogP contribution >= 0.6 is 0 Å². The summed E-state index contributed by atoms with van der Waals surface area (Å²) in [6.45, 7) is 8.67. The van der Waals surface area contributed by atoms with Gasteiger partial charge in [-0.1, -0.05) is 30.3 Å². The van der Waals surface area contributed by atoms with Crippen LogP contribution in [0.5, 0.6) is 0 Å². The zero-order valence-electron chi connectivity index (χ0n) is 18.6. The van der Waals surface area contributed by atoms with Gasteiger partial charge in [0.2, 0.25) is 0 Å². The van der Waals surface area contributed by atoms with Gasteiger partial charge < -0.3 is 9.80 Å². The number of hydrogen-bond acceptors (Lipinski definition) is 5. The number of piperazine rings is 1. The van der Waals surface area contributed by atoms with Gasteiger partial charge in [-0.05, 0) is 49.7 Å². The highest BCUT2D eigenvalue weighted by molar-refractivity contribution is 5.98. The van der Waals surface area contributed by atoms with Crippen molar-refractivity contribution in [1.82, 2.24) is 24.6 Å². The predicted molar refractivity (Wildman–Crippen MR) is 125 cm³/mol. The minimum absolute atomic E-state index is 0.0811. The van der Waals surface area contributed by atoms with Crippen molar-refractivity contribution in [2.24, 2.45) is 0 Å². The van der Waals surface area contributed by atoms with Crippen LogP contribution in [0.15, 0.2) is 54.6 Å². The van der Waals surface area contributed by atoms with E-state index in [2.05, 4.69) is 26.0 Å². The normalized spacial score (nSPS) is 14.2. The molecular formula is C25H26N6O. The third-order valence-corrected chi connectivity index (χ3v) is 5.92. The summed E-state index contributed by atoms with van der Waals surface area (Å²) in [6, 6.07) is 18.1. The van der Waals surface area contributed by atoms with Crippen molar-refractivity contribution in [2.75, 3.05) is 31.1 Å². The summed E-state index contributed by atoms with van der Waals surface area (Å²) in [5.74, 6) is 2.43. The molecule has 7 nitrogen and oxygen atoms in total. The number of rotatable bonds is 3. The van der Waals surface area contributed by atoms with E-state index < -0.39 is 0 Å².